The number of nitrogens with one attached hydrogen (secondary N) is 1. The molecule has 2 heterocycles. The lowest BCUT2D eigenvalue weighted by Crippen LogP contribution is -2.27. The summed E-state index contributed by atoms with van der Waals surface area (Å²) in [5.74, 6) is 0.449. The molecule has 122 valence electrons. The van der Waals surface area contributed by atoms with Crippen LogP contribution in [0.1, 0.15) is 11.1 Å². The number of rotatable bonds is 5. The molecule has 0 fully saturated rings. The Hall–Kier alpha value is -2.21. The number of hydrogen-bond acceptors (Lipinski definition) is 6. The summed E-state index contributed by atoms with van der Waals surface area (Å²) in [6, 6.07) is 9.39. The predicted octanol–water partition coefficient (Wildman–Crippen LogP) is 2.51. The molecule has 3 N–H and O–H groups in total. The molecule has 0 atom stereocenters. The Bertz CT molecular complexity index is 988. The highest BCUT2D eigenvalue weighted by atomic mass is 79.9. The van der Waals surface area contributed by atoms with Crippen LogP contribution in [0.2, 0.25) is 0 Å². The molecule has 6 nitrogen and oxygen atoms in total. The van der Waals surface area contributed by atoms with Gasteiger partial charge in [-0.2, -0.15) is 5.26 Å². The number of anilines is 1. The smallest absolute Gasteiger partial charge is 0.273 e. The fourth-order valence-corrected chi connectivity index (χ4v) is 3.88. The molecule has 0 saturated heterocycles. The normalized spacial score (nSPS) is 10.7. The van der Waals surface area contributed by atoms with Gasteiger partial charge in [0.2, 0.25) is 5.95 Å². The van der Waals surface area contributed by atoms with Gasteiger partial charge in [0.15, 0.2) is 0 Å². The minimum Gasteiger partial charge on any atom is -0.354 e. The quantitative estimate of drug-likeness (QED) is 0.681. The molecule has 0 unspecified atom stereocenters. The van der Waals surface area contributed by atoms with Gasteiger partial charge in [0.05, 0.1) is 22.7 Å². The van der Waals surface area contributed by atoms with Gasteiger partial charge in [-0.05, 0) is 27.6 Å². The van der Waals surface area contributed by atoms with Crippen molar-refractivity contribution in [2.45, 2.75) is 6.54 Å². The lowest BCUT2D eigenvalue weighted by Gasteiger charge is -2.14. The maximum Gasteiger partial charge on any atom is 0.273 e. The first-order chi connectivity index (χ1) is 11.7. The molecule has 0 radical (unpaired) electrons. The second kappa shape index (κ2) is 7.13. The highest BCUT2D eigenvalue weighted by Gasteiger charge is 2.15. The molecule has 0 saturated carbocycles. The van der Waals surface area contributed by atoms with Gasteiger partial charge in [-0.25, -0.2) is 4.98 Å². The van der Waals surface area contributed by atoms with Crippen molar-refractivity contribution in [3.05, 3.63) is 55.6 Å². The van der Waals surface area contributed by atoms with Gasteiger partial charge in [-0.1, -0.05) is 18.2 Å². The van der Waals surface area contributed by atoms with Crippen LogP contribution in [0.15, 0.2) is 38.9 Å². The van der Waals surface area contributed by atoms with E-state index in [9.17, 15) is 10.1 Å². The van der Waals surface area contributed by atoms with Crippen LogP contribution in [-0.2, 0) is 6.54 Å². The van der Waals surface area contributed by atoms with Crippen molar-refractivity contribution in [2.75, 3.05) is 18.4 Å². The average molecular weight is 404 g/mol. The van der Waals surface area contributed by atoms with Crippen LogP contribution in [0.3, 0.4) is 0 Å². The third-order valence-corrected chi connectivity index (χ3v) is 5.39. The van der Waals surface area contributed by atoms with E-state index in [-0.39, 0.29) is 12.1 Å². The molecule has 0 aliphatic rings. The molecule has 0 bridgehead atoms. The standard InChI is InChI=1S/C16H14BrN5OS/c17-12-9-24-14-13(12)21-16(20-6-5-18)22(15(14)23)8-11-4-2-1-3-10(11)7-19/h1-4,9H,5-6,8,18H2,(H,20,21). The first-order valence-corrected chi connectivity index (χ1v) is 8.92. The molecule has 0 spiro atoms. The van der Waals surface area contributed by atoms with Crippen LogP contribution in [0.4, 0.5) is 5.95 Å². The Labute approximate surface area is 150 Å². The first-order valence-electron chi connectivity index (χ1n) is 7.25. The number of aromatic nitrogens is 2. The number of thiophene rings is 1. The number of nitrogens with two attached hydrogens (primary N) is 1. The summed E-state index contributed by atoms with van der Waals surface area (Å²) in [4.78, 5) is 17.4. The molecule has 3 rings (SSSR count). The minimum absolute atomic E-state index is 0.136. The summed E-state index contributed by atoms with van der Waals surface area (Å²) in [7, 11) is 0. The summed E-state index contributed by atoms with van der Waals surface area (Å²) < 4.78 is 2.92. The lowest BCUT2D eigenvalue weighted by molar-refractivity contribution is 0.750. The van der Waals surface area contributed by atoms with E-state index >= 15 is 0 Å². The van der Waals surface area contributed by atoms with Gasteiger partial charge in [0.1, 0.15) is 10.2 Å². The minimum atomic E-state index is -0.136. The highest BCUT2D eigenvalue weighted by molar-refractivity contribution is 9.10. The van der Waals surface area contributed by atoms with Gasteiger partial charge in [0.25, 0.3) is 5.56 Å². The molecule has 2 aromatic heterocycles. The fraction of sp³-hybridized carbons (Fsp3) is 0.188. The van der Waals surface area contributed by atoms with E-state index in [0.717, 1.165) is 10.0 Å². The van der Waals surface area contributed by atoms with Crippen molar-refractivity contribution in [3.63, 3.8) is 0 Å². The van der Waals surface area contributed by atoms with Crippen LogP contribution in [0.5, 0.6) is 0 Å². The molecule has 0 aliphatic carbocycles. The van der Waals surface area contributed by atoms with Crippen LogP contribution in [-0.4, -0.2) is 22.6 Å². The van der Waals surface area contributed by atoms with E-state index in [1.807, 2.05) is 17.5 Å². The zero-order valence-corrected chi connectivity index (χ0v) is 15.0. The van der Waals surface area contributed by atoms with E-state index < -0.39 is 0 Å². The van der Waals surface area contributed by atoms with E-state index in [4.69, 9.17) is 5.73 Å². The fourth-order valence-electron chi connectivity index (χ4n) is 2.37. The average Bonchev–Trinajstić information content (AvgIpc) is 2.97. The van der Waals surface area contributed by atoms with E-state index in [2.05, 4.69) is 32.3 Å². The molecule has 3 aromatic rings. The monoisotopic (exact) mass is 403 g/mol. The SMILES string of the molecule is N#Cc1ccccc1Cn1c(NCCN)nc2c(Br)csc2c1=O. The van der Waals surface area contributed by atoms with Gasteiger partial charge >= 0.3 is 0 Å². The summed E-state index contributed by atoms with van der Waals surface area (Å²) in [5.41, 5.74) is 7.37. The van der Waals surface area contributed by atoms with Gasteiger partial charge in [-0.15, -0.1) is 11.3 Å². The maximum atomic E-state index is 12.9. The number of hydrogen-bond donors (Lipinski definition) is 2. The van der Waals surface area contributed by atoms with Crippen molar-refractivity contribution < 1.29 is 0 Å². The molecular formula is C16H14BrN5OS. The number of nitrogens with zero attached hydrogens (tertiary/aromatic N) is 3. The summed E-state index contributed by atoms with van der Waals surface area (Å²) in [6.45, 7) is 1.20. The number of benzene rings is 1. The number of halogens is 1. The van der Waals surface area contributed by atoms with Crippen LogP contribution in [0, 0.1) is 11.3 Å². The summed E-state index contributed by atoms with van der Waals surface area (Å²) in [6.07, 6.45) is 0. The van der Waals surface area contributed by atoms with Crippen molar-refractivity contribution in [1.29, 1.82) is 5.26 Å². The largest absolute Gasteiger partial charge is 0.354 e. The van der Waals surface area contributed by atoms with Crippen molar-refractivity contribution in [1.82, 2.24) is 9.55 Å². The van der Waals surface area contributed by atoms with Crippen LogP contribution < -0.4 is 16.6 Å². The molecule has 0 aliphatic heterocycles. The zero-order valence-electron chi connectivity index (χ0n) is 12.6. The highest BCUT2D eigenvalue weighted by Crippen LogP contribution is 2.27. The lowest BCUT2D eigenvalue weighted by atomic mass is 10.1. The van der Waals surface area contributed by atoms with E-state index in [1.165, 1.54) is 11.3 Å². The zero-order chi connectivity index (χ0) is 17.1. The Morgan fingerprint density at radius 1 is 1.42 bits per heavy atom. The van der Waals surface area contributed by atoms with Gasteiger partial charge < -0.3 is 11.1 Å². The van der Waals surface area contributed by atoms with Crippen LogP contribution in [0.25, 0.3) is 10.2 Å². The molecular weight excluding hydrogens is 390 g/mol. The summed E-state index contributed by atoms with van der Waals surface area (Å²) in [5, 5.41) is 14.2. The van der Waals surface area contributed by atoms with Crippen molar-refractivity contribution in [3.8, 4) is 6.07 Å². The molecule has 0 amide bonds. The second-order valence-electron chi connectivity index (χ2n) is 5.07. The second-order valence-corrected chi connectivity index (χ2v) is 6.81. The Balaban J connectivity index is 2.16. The number of nitriles is 1. The van der Waals surface area contributed by atoms with E-state index in [1.54, 1.807) is 16.7 Å². The molecule has 8 heteroatoms. The Morgan fingerprint density at radius 2 is 2.21 bits per heavy atom. The van der Waals surface area contributed by atoms with Crippen molar-refractivity contribution >= 4 is 43.4 Å². The third kappa shape index (κ3) is 3.06. The predicted molar refractivity (Wildman–Crippen MR) is 99.4 cm³/mol. The topological polar surface area (TPSA) is 96.7 Å². The number of fused-ring (bicyclic) bond motifs is 1. The van der Waals surface area contributed by atoms with Gasteiger partial charge in [0, 0.05) is 18.5 Å². The molecule has 1 aromatic carbocycles. The maximum absolute atomic E-state index is 12.9. The Morgan fingerprint density at radius 3 is 2.96 bits per heavy atom. The Kier molecular flexibility index (Phi) is 4.94. The summed E-state index contributed by atoms with van der Waals surface area (Å²) >= 11 is 4.77. The molecule has 24 heavy (non-hydrogen) atoms. The van der Waals surface area contributed by atoms with Crippen LogP contribution >= 0.6 is 27.3 Å². The third-order valence-electron chi connectivity index (χ3n) is 3.53. The first kappa shape index (κ1) is 16.6. The van der Waals surface area contributed by atoms with Gasteiger partial charge in [-0.3, -0.25) is 9.36 Å². The van der Waals surface area contributed by atoms with Crippen molar-refractivity contribution in [2.24, 2.45) is 5.73 Å². The van der Waals surface area contributed by atoms with E-state index in [0.29, 0.717) is 34.8 Å².